The fourth-order valence-electron chi connectivity index (χ4n) is 4.99. The van der Waals surface area contributed by atoms with Gasteiger partial charge in [0.1, 0.15) is 25.3 Å². The van der Waals surface area contributed by atoms with Crippen molar-refractivity contribution in [2.75, 3.05) is 13.2 Å². The van der Waals surface area contributed by atoms with Gasteiger partial charge in [-0.2, -0.15) is 6.07 Å². The summed E-state index contributed by atoms with van der Waals surface area (Å²) in [6, 6.07) is 30.5. The molecule has 0 radical (unpaired) electrons. The van der Waals surface area contributed by atoms with Gasteiger partial charge in [0, 0.05) is 21.6 Å². The van der Waals surface area contributed by atoms with Crippen LogP contribution in [-0.4, -0.2) is 32.8 Å². The van der Waals surface area contributed by atoms with Crippen LogP contribution in [0.2, 0.25) is 0 Å². The van der Waals surface area contributed by atoms with Crippen LogP contribution in [0.4, 0.5) is 0 Å². The van der Waals surface area contributed by atoms with Crippen molar-refractivity contribution in [2.45, 2.75) is 25.3 Å². The van der Waals surface area contributed by atoms with Crippen molar-refractivity contribution >= 4 is 0 Å². The van der Waals surface area contributed by atoms with Gasteiger partial charge in [-0.25, -0.2) is 9.13 Å². The van der Waals surface area contributed by atoms with E-state index in [1.54, 1.807) is 0 Å². The lowest BCUT2D eigenvalue weighted by Crippen LogP contribution is -2.48. The SMILES string of the molecule is [c-]1c(-n2c[n+]3c(n2)COC[C@H]3c2ccccc2)cccc1-n1c[n+]2c(n1)COC[C@H]2c1ccccc1. The second-order valence-corrected chi connectivity index (χ2v) is 9.07. The molecule has 2 aliphatic rings. The molecular formula is C28H25N6O2+. The minimum absolute atomic E-state index is 0.0936. The number of ether oxygens (including phenoxy) is 2. The molecule has 0 aliphatic carbocycles. The lowest BCUT2D eigenvalue weighted by molar-refractivity contribution is -0.734. The van der Waals surface area contributed by atoms with Gasteiger partial charge in [-0.1, -0.05) is 66.7 Å². The number of aromatic nitrogens is 6. The first-order valence-corrected chi connectivity index (χ1v) is 12.1. The molecule has 3 aromatic carbocycles. The van der Waals surface area contributed by atoms with Gasteiger partial charge >= 0.3 is 11.6 Å². The first kappa shape index (κ1) is 21.2. The molecular weight excluding hydrogens is 452 g/mol. The van der Waals surface area contributed by atoms with E-state index in [-0.39, 0.29) is 12.1 Å². The summed E-state index contributed by atoms with van der Waals surface area (Å²) in [5.74, 6) is 1.78. The molecule has 2 atom stereocenters. The van der Waals surface area contributed by atoms with Crippen LogP contribution in [0.15, 0.2) is 91.5 Å². The molecule has 178 valence electrons. The molecule has 0 saturated carbocycles. The van der Waals surface area contributed by atoms with Crippen molar-refractivity contribution in [3.05, 3.63) is 120 Å². The molecule has 8 nitrogen and oxygen atoms in total. The van der Waals surface area contributed by atoms with E-state index < -0.39 is 0 Å². The van der Waals surface area contributed by atoms with E-state index in [1.807, 2.05) is 52.4 Å². The van der Waals surface area contributed by atoms with Crippen molar-refractivity contribution in [2.24, 2.45) is 0 Å². The van der Waals surface area contributed by atoms with Crippen LogP contribution in [0.3, 0.4) is 0 Å². The standard InChI is InChI=1S/C28H25N6O2/c1-3-8-21(9-4-1)25-15-35-17-27-29-33(19-31(25)27)23-12-7-13-24(14-23)34-20-32-26(16-36-18-28(32)30-34)22-10-5-2-6-11-22/h1-13,19-20,25-26H,15-18H2/q+1/t25-,26-/m0/s1. The average Bonchev–Trinajstić information content (AvgIpc) is 3.59. The van der Waals surface area contributed by atoms with Gasteiger partial charge in [-0.05, 0) is 11.1 Å². The third-order valence-electron chi connectivity index (χ3n) is 6.82. The van der Waals surface area contributed by atoms with E-state index in [0.29, 0.717) is 26.4 Å². The average molecular weight is 478 g/mol. The van der Waals surface area contributed by atoms with Crippen molar-refractivity contribution < 1.29 is 18.6 Å². The van der Waals surface area contributed by atoms with Crippen LogP contribution in [0.25, 0.3) is 11.4 Å². The van der Waals surface area contributed by atoms with Crippen LogP contribution in [0, 0.1) is 6.07 Å². The Bertz CT molecular complexity index is 1400. The Morgan fingerprint density at radius 2 is 1.11 bits per heavy atom. The number of hydrogen-bond acceptors (Lipinski definition) is 4. The zero-order valence-electron chi connectivity index (χ0n) is 19.6. The largest absolute Gasteiger partial charge is 0.366 e. The Kier molecular flexibility index (Phi) is 5.18. The monoisotopic (exact) mass is 477 g/mol. The first-order chi connectivity index (χ1) is 17.8. The summed E-state index contributed by atoms with van der Waals surface area (Å²) in [7, 11) is 0. The summed E-state index contributed by atoms with van der Waals surface area (Å²) >= 11 is 0. The van der Waals surface area contributed by atoms with Gasteiger partial charge in [-0.15, -0.1) is 21.5 Å². The van der Waals surface area contributed by atoms with Crippen LogP contribution < -0.4 is 9.13 Å². The summed E-state index contributed by atoms with van der Waals surface area (Å²) < 4.78 is 19.9. The normalized spacial score (nSPS) is 19.0. The molecule has 4 heterocycles. The predicted molar refractivity (Wildman–Crippen MR) is 128 cm³/mol. The van der Waals surface area contributed by atoms with E-state index in [4.69, 9.17) is 19.7 Å². The van der Waals surface area contributed by atoms with E-state index in [9.17, 15) is 0 Å². The quantitative estimate of drug-likeness (QED) is 0.295. The molecule has 2 aromatic heterocycles. The molecule has 0 fully saturated rings. The van der Waals surface area contributed by atoms with Crippen LogP contribution in [0.1, 0.15) is 34.9 Å². The smallest absolute Gasteiger partial charge is 0.304 e. The molecule has 0 bridgehead atoms. The fraction of sp³-hybridized carbons (Fsp3) is 0.214. The highest BCUT2D eigenvalue weighted by Gasteiger charge is 2.32. The van der Waals surface area contributed by atoms with Crippen molar-refractivity contribution in [3.63, 3.8) is 0 Å². The second kappa shape index (κ2) is 8.82. The molecule has 0 saturated heterocycles. The van der Waals surface area contributed by atoms with Gasteiger partial charge in [0.15, 0.2) is 0 Å². The molecule has 0 spiro atoms. The van der Waals surface area contributed by atoms with E-state index >= 15 is 0 Å². The minimum atomic E-state index is 0.0936. The number of benzene rings is 3. The Labute approximate surface area is 208 Å². The fourth-order valence-corrected chi connectivity index (χ4v) is 4.99. The van der Waals surface area contributed by atoms with Gasteiger partial charge in [-0.3, -0.25) is 0 Å². The third kappa shape index (κ3) is 3.71. The zero-order valence-corrected chi connectivity index (χ0v) is 19.6. The zero-order chi connectivity index (χ0) is 23.9. The third-order valence-corrected chi connectivity index (χ3v) is 6.82. The van der Waals surface area contributed by atoms with Crippen LogP contribution in [-0.2, 0) is 22.7 Å². The molecule has 0 unspecified atom stereocenters. The number of hydrogen-bond donors (Lipinski definition) is 0. The maximum atomic E-state index is 5.86. The molecule has 0 N–H and O–H groups in total. The van der Waals surface area contributed by atoms with Crippen molar-refractivity contribution in [1.82, 2.24) is 19.6 Å². The topological polar surface area (TPSA) is 61.9 Å². The maximum Gasteiger partial charge on any atom is 0.304 e. The Balaban J connectivity index is 1.23. The van der Waals surface area contributed by atoms with Crippen LogP contribution >= 0.6 is 0 Å². The number of nitrogens with zero attached hydrogens (tertiary/aromatic N) is 6. The maximum absolute atomic E-state index is 5.86. The predicted octanol–water partition coefficient (Wildman–Crippen LogP) is 2.67. The molecule has 7 rings (SSSR count). The van der Waals surface area contributed by atoms with E-state index in [1.165, 1.54) is 11.1 Å². The lowest BCUT2D eigenvalue weighted by atomic mass is 10.1. The van der Waals surface area contributed by atoms with Gasteiger partial charge in [0.05, 0.1) is 13.2 Å². The second-order valence-electron chi connectivity index (χ2n) is 9.07. The molecule has 36 heavy (non-hydrogen) atoms. The Morgan fingerprint density at radius 1 is 0.639 bits per heavy atom. The highest BCUT2D eigenvalue weighted by Crippen LogP contribution is 2.21. The Morgan fingerprint density at radius 3 is 1.58 bits per heavy atom. The van der Waals surface area contributed by atoms with Crippen molar-refractivity contribution in [1.29, 1.82) is 0 Å². The summed E-state index contributed by atoms with van der Waals surface area (Å²) in [6.45, 7) is 2.22. The lowest BCUT2D eigenvalue weighted by Gasteiger charge is -2.20. The van der Waals surface area contributed by atoms with Gasteiger partial charge in [0.2, 0.25) is 12.7 Å². The molecule has 5 aromatic rings. The molecule has 2 aliphatic heterocycles. The van der Waals surface area contributed by atoms with Gasteiger partial charge in [0.25, 0.3) is 0 Å². The highest BCUT2D eigenvalue weighted by atomic mass is 16.5. The summed E-state index contributed by atoms with van der Waals surface area (Å²) in [4.78, 5) is 0. The Hall–Kier alpha value is -4.14. The summed E-state index contributed by atoms with van der Waals surface area (Å²) in [5.41, 5.74) is 4.09. The van der Waals surface area contributed by atoms with Gasteiger partial charge < -0.3 is 9.47 Å². The molecule has 0 amide bonds. The summed E-state index contributed by atoms with van der Waals surface area (Å²) in [5, 5.41) is 9.63. The first-order valence-electron chi connectivity index (χ1n) is 12.1. The number of rotatable bonds is 4. The van der Waals surface area contributed by atoms with Crippen LogP contribution in [0.5, 0.6) is 0 Å². The molecule has 8 heteroatoms. The summed E-state index contributed by atoms with van der Waals surface area (Å²) in [6.07, 6.45) is 4.07. The highest BCUT2D eigenvalue weighted by molar-refractivity contribution is 5.40. The number of fused-ring (bicyclic) bond motifs is 2. The van der Waals surface area contributed by atoms with Crippen molar-refractivity contribution in [3.8, 4) is 11.4 Å². The van der Waals surface area contributed by atoms with E-state index in [2.05, 4.69) is 63.7 Å². The minimum Gasteiger partial charge on any atom is -0.366 e. The van der Waals surface area contributed by atoms with E-state index in [0.717, 1.165) is 23.0 Å².